The fourth-order valence-electron chi connectivity index (χ4n) is 0.582. The van der Waals surface area contributed by atoms with Crippen molar-refractivity contribution in [1.29, 1.82) is 0 Å². The van der Waals surface area contributed by atoms with Crippen molar-refractivity contribution in [2.24, 2.45) is 0 Å². The second-order valence-electron chi connectivity index (χ2n) is 1.67. The van der Waals surface area contributed by atoms with Crippen molar-refractivity contribution in [3.63, 3.8) is 0 Å². The van der Waals surface area contributed by atoms with E-state index in [-0.39, 0.29) is 9.41 Å². The molecule has 0 aromatic carbocycles. The molecule has 0 fully saturated rings. The third-order valence-corrected chi connectivity index (χ3v) is 2.05. The zero-order valence-corrected chi connectivity index (χ0v) is 6.59. The third-order valence-electron chi connectivity index (χ3n) is 1.07. The summed E-state index contributed by atoms with van der Waals surface area (Å²) in [5.74, 6) is 0. The molecule has 0 aromatic rings. The van der Waals surface area contributed by atoms with Gasteiger partial charge in [-0.25, -0.2) is 0 Å². The molecule has 3 heteroatoms. The summed E-state index contributed by atoms with van der Waals surface area (Å²) in [4.78, 5) is 0. The average Bonchev–Trinajstić information content (AvgIpc) is 1.91. The molecular formula is C6H7F2Rh. The van der Waals surface area contributed by atoms with Gasteiger partial charge in [-0.1, -0.05) is 0 Å². The molecule has 54 valence electrons. The van der Waals surface area contributed by atoms with Gasteiger partial charge in [0.25, 0.3) is 0 Å². The molecule has 0 N–H and O–H groups in total. The molecule has 0 bridgehead atoms. The van der Waals surface area contributed by atoms with Crippen molar-refractivity contribution in [2.75, 3.05) is 0 Å². The van der Waals surface area contributed by atoms with Crippen molar-refractivity contribution in [2.45, 2.75) is 13.3 Å². The topological polar surface area (TPSA) is 0 Å². The van der Waals surface area contributed by atoms with Gasteiger partial charge in [-0.3, -0.25) is 0 Å². The Labute approximate surface area is 63.4 Å². The van der Waals surface area contributed by atoms with E-state index in [1.165, 1.54) is 9.74 Å². The SMILES string of the molecule is CC1=[C]([Rh+2])CC=C1.[F-].[F-]. The van der Waals surface area contributed by atoms with Crippen LogP contribution in [-0.2, 0) is 18.3 Å². The first-order valence-corrected chi connectivity index (χ1v) is 3.12. The number of hydrogen-bond acceptors (Lipinski definition) is 0. The minimum Gasteiger partial charge on any atom is -1.00 e. The summed E-state index contributed by atoms with van der Waals surface area (Å²) in [5, 5.41) is 0. The zero-order valence-electron chi connectivity index (χ0n) is 4.95. The molecule has 9 heavy (non-hydrogen) atoms. The second kappa shape index (κ2) is 4.81. The summed E-state index contributed by atoms with van der Waals surface area (Å²) in [7, 11) is 0. The van der Waals surface area contributed by atoms with Crippen LogP contribution in [0, 0.1) is 0 Å². The molecule has 0 aromatic heterocycles. The van der Waals surface area contributed by atoms with Gasteiger partial charge in [-0.05, 0) is 0 Å². The van der Waals surface area contributed by atoms with Crippen LogP contribution in [0.2, 0.25) is 0 Å². The van der Waals surface area contributed by atoms with Crippen LogP contribution in [0.4, 0.5) is 0 Å². The molecule has 1 rings (SSSR count). The summed E-state index contributed by atoms with van der Waals surface area (Å²) < 4.78 is 1.40. The average molecular weight is 220 g/mol. The van der Waals surface area contributed by atoms with Gasteiger partial charge < -0.3 is 9.41 Å². The number of allylic oxidation sites excluding steroid dienone is 4. The van der Waals surface area contributed by atoms with E-state index >= 15 is 0 Å². The zero-order chi connectivity index (χ0) is 5.28. The minimum atomic E-state index is 0. The van der Waals surface area contributed by atoms with Gasteiger partial charge in [-0.15, -0.1) is 0 Å². The molecule has 0 radical (unpaired) electrons. The first-order valence-electron chi connectivity index (χ1n) is 2.30. The Morgan fingerprint density at radius 3 is 2.11 bits per heavy atom. The molecule has 0 aliphatic heterocycles. The Hall–Kier alpha value is -0.0366. The minimum absolute atomic E-state index is 0. The predicted molar refractivity (Wildman–Crippen MR) is 26.5 cm³/mol. The molecule has 0 heterocycles. The fourth-order valence-corrected chi connectivity index (χ4v) is 0.911. The van der Waals surface area contributed by atoms with Gasteiger partial charge in [0.1, 0.15) is 0 Å². The summed E-state index contributed by atoms with van der Waals surface area (Å²) in [6, 6.07) is 0. The Morgan fingerprint density at radius 2 is 2.00 bits per heavy atom. The van der Waals surface area contributed by atoms with Gasteiger partial charge in [0.15, 0.2) is 0 Å². The standard InChI is InChI=1S/C6H7.2FH.Rh/c1-6-4-2-3-5-6;;;/h2,4H,3H2,1H3;2*1H;/q;;;+2/p-2. The van der Waals surface area contributed by atoms with Crippen LogP contribution in [0.3, 0.4) is 0 Å². The van der Waals surface area contributed by atoms with Crippen LogP contribution in [0.1, 0.15) is 13.3 Å². The monoisotopic (exact) mass is 220 g/mol. The largest absolute Gasteiger partial charge is 1.00 e. The van der Waals surface area contributed by atoms with E-state index in [0.29, 0.717) is 0 Å². The van der Waals surface area contributed by atoms with Crippen molar-refractivity contribution in [3.8, 4) is 0 Å². The van der Waals surface area contributed by atoms with Crippen LogP contribution >= 0.6 is 0 Å². The quantitative estimate of drug-likeness (QED) is 0.363. The summed E-state index contributed by atoms with van der Waals surface area (Å²) >= 11 is 2.91. The molecule has 0 saturated heterocycles. The first-order chi connectivity index (χ1) is 3.30. The second-order valence-corrected chi connectivity index (χ2v) is 2.66. The molecular weight excluding hydrogens is 213 g/mol. The van der Waals surface area contributed by atoms with Crippen molar-refractivity contribution < 1.29 is 27.7 Å². The Balaban J connectivity index is 0. The number of halogens is 2. The molecule has 0 atom stereocenters. The molecule has 0 saturated carbocycles. The first kappa shape index (κ1) is 11.7. The normalized spacial score (nSPS) is 14.9. The van der Waals surface area contributed by atoms with E-state index in [0.717, 1.165) is 6.42 Å². The fraction of sp³-hybridized carbons (Fsp3) is 0.333. The van der Waals surface area contributed by atoms with E-state index in [4.69, 9.17) is 0 Å². The summed E-state index contributed by atoms with van der Waals surface area (Å²) in [5.41, 5.74) is 1.40. The van der Waals surface area contributed by atoms with Crippen molar-refractivity contribution >= 4 is 0 Å². The van der Waals surface area contributed by atoms with E-state index in [1.54, 1.807) is 0 Å². The maximum atomic E-state index is 2.91. The maximum absolute atomic E-state index is 2.91. The van der Waals surface area contributed by atoms with Crippen LogP contribution in [-0.4, -0.2) is 0 Å². The third kappa shape index (κ3) is 2.85. The van der Waals surface area contributed by atoms with E-state index in [9.17, 15) is 0 Å². The Kier molecular flexibility index (Phi) is 6.26. The summed E-state index contributed by atoms with van der Waals surface area (Å²) in [6.45, 7) is 2.12. The smallest absolute Gasteiger partial charge is 1.00 e. The van der Waals surface area contributed by atoms with Crippen molar-refractivity contribution in [1.82, 2.24) is 0 Å². The molecule has 0 nitrogen and oxygen atoms in total. The van der Waals surface area contributed by atoms with Crippen LogP contribution in [0.25, 0.3) is 0 Å². The Bertz CT molecular complexity index is 138. The Morgan fingerprint density at radius 1 is 1.44 bits per heavy atom. The van der Waals surface area contributed by atoms with Crippen LogP contribution in [0.5, 0.6) is 0 Å². The number of rotatable bonds is 0. The van der Waals surface area contributed by atoms with E-state index < -0.39 is 0 Å². The van der Waals surface area contributed by atoms with Crippen LogP contribution < -0.4 is 9.41 Å². The molecule has 1 aliphatic carbocycles. The number of hydrogen-bond donors (Lipinski definition) is 0. The summed E-state index contributed by atoms with van der Waals surface area (Å²) in [6.07, 6.45) is 5.44. The van der Waals surface area contributed by atoms with Crippen LogP contribution in [0.15, 0.2) is 21.9 Å². The van der Waals surface area contributed by atoms with Gasteiger partial charge in [0.05, 0.1) is 0 Å². The molecule has 0 amide bonds. The van der Waals surface area contributed by atoms with Gasteiger partial charge >= 0.3 is 53.5 Å². The maximum Gasteiger partial charge on any atom is -1.00 e. The van der Waals surface area contributed by atoms with E-state index in [1.807, 2.05) is 0 Å². The van der Waals surface area contributed by atoms with Gasteiger partial charge in [0.2, 0.25) is 0 Å². The molecule has 1 aliphatic rings. The molecule has 0 spiro atoms. The van der Waals surface area contributed by atoms with E-state index in [2.05, 4.69) is 37.4 Å². The predicted octanol–water partition coefficient (Wildman–Crippen LogP) is -4.22. The van der Waals surface area contributed by atoms with Gasteiger partial charge in [-0.2, -0.15) is 0 Å². The van der Waals surface area contributed by atoms with Crippen molar-refractivity contribution in [3.05, 3.63) is 21.9 Å². The van der Waals surface area contributed by atoms with Gasteiger partial charge in [0, 0.05) is 0 Å². The molecule has 0 unspecified atom stereocenters.